The number of nitrogens with one attached hydrogen (secondary N) is 2. The van der Waals surface area contributed by atoms with Crippen LogP contribution in [0, 0.1) is 11.3 Å². The maximum atomic E-state index is 9.06. The minimum Gasteiger partial charge on any atom is -0.384 e. The fraction of sp³-hybridized carbons (Fsp3) is 0.357. The first kappa shape index (κ1) is 13.1. The SMILES string of the molecule is N#Cc1cc(Br)ccc1NCCC1=CCNCC1. The van der Waals surface area contributed by atoms with Crippen LogP contribution in [0.5, 0.6) is 0 Å². The van der Waals surface area contributed by atoms with Gasteiger partial charge < -0.3 is 10.6 Å². The van der Waals surface area contributed by atoms with E-state index in [2.05, 4.69) is 38.7 Å². The molecule has 2 rings (SSSR count). The fourth-order valence-electron chi connectivity index (χ4n) is 2.02. The zero-order chi connectivity index (χ0) is 12.8. The molecule has 1 aromatic carbocycles. The molecule has 0 radical (unpaired) electrons. The summed E-state index contributed by atoms with van der Waals surface area (Å²) in [5.41, 5.74) is 3.09. The van der Waals surface area contributed by atoms with E-state index in [4.69, 9.17) is 5.26 Å². The zero-order valence-electron chi connectivity index (χ0n) is 10.2. The average molecular weight is 306 g/mol. The maximum Gasteiger partial charge on any atom is 0.101 e. The van der Waals surface area contributed by atoms with Gasteiger partial charge in [-0.3, -0.25) is 0 Å². The Labute approximate surface area is 116 Å². The Hall–Kier alpha value is -1.31. The Morgan fingerprint density at radius 2 is 2.33 bits per heavy atom. The van der Waals surface area contributed by atoms with Crippen LogP contribution >= 0.6 is 15.9 Å². The van der Waals surface area contributed by atoms with E-state index in [0.29, 0.717) is 5.56 Å². The summed E-state index contributed by atoms with van der Waals surface area (Å²) in [5.74, 6) is 0. The van der Waals surface area contributed by atoms with Crippen LogP contribution in [0.1, 0.15) is 18.4 Å². The highest BCUT2D eigenvalue weighted by atomic mass is 79.9. The molecule has 1 aliphatic rings. The third-order valence-corrected chi connectivity index (χ3v) is 3.51. The first-order valence-electron chi connectivity index (χ1n) is 6.12. The Kier molecular flexibility index (Phi) is 4.80. The number of nitrogens with zero attached hydrogens (tertiary/aromatic N) is 1. The van der Waals surface area contributed by atoms with Crippen molar-refractivity contribution in [1.82, 2.24) is 5.32 Å². The first-order valence-corrected chi connectivity index (χ1v) is 6.91. The van der Waals surface area contributed by atoms with Crippen LogP contribution in [0.25, 0.3) is 0 Å². The van der Waals surface area contributed by atoms with Crippen molar-refractivity contribution in [3.8, 4) is 6.07 Å². The summed E-state index contributed by atoms with van der Waals surface area (Å²) >= 11 is 3.37. The number of hydrogen-bond donors (Lipinski definition) is 2. The van der Waals surface area contributed by atoms with Crippen LogP contribution in [-0.2, 0) is 0 Å². The smallest absolute Gasteiger partial charge is 0.101 e. The van der Waals surface area contributed by atoms with Gasteiger partial charge in [-0.15, -0.1) is 0 Å². The Morgan fingerprint density at radius 3 is 3.06 bits per heavy atom. The molecular formula is C14H16BrN3. The lowest BCUT2D eigenvalue weighted by molar-refractivity contribution is 0.683. The van der Waals surface area contributed by atoms with E-state index < -0.39 is 0 Å². The second-order valence-electron chi connectivity index (χ2n) is 4.29. The average Bonchev–Trinajstić information content (AvgIpc) is 2.41. The van der Waals surface area contributed by atoms with Gasteiger partial charge in [-0.05, 0) is 37.6 Å². The minimum absolute atomic E-state index is 0.684. The molecule has 0 unspecified atom stereocenters. The number of halogens is 1. The number of anilines is 1. The second kappa shape index (κ2) is 6.58. The number of benzene rings is 1. The lowest BCUT2D eigenvalue weighted by Crippen LogP contribution is -2.21. The molecule has 0 aliphatic carbocycles. The molecule has 0 saturated carbocycles. The monoisotopic (exact) mass is 305 g/mol. The molecule has 1 heterocycles. The summed E-state index contributed by atoms with van der Waals surface area (Å²) in [5, 5.41) is 15.7. The topological polar surface area (TPSA) is 47.9 Å². The maximum absolute atomic E-state index is 9.06. The van der Waals surface area contributed by atoms with Gasteiger partial charge in [0.05, 0.1) is 11.3 Å². The predicted molar refractivity (Wildman–Crippen MR) is 77.5 cm³/mol. The highest BCUT2D eigenvalue weighted by Gasteiger charge is 2.04. The molecule has 18 heavy (non-hydrogen) atoms. The van der Waals surface area contributed by atoms with Gasteiger partial charge in [0.15, 0.2) is 0 Å². The van der Waals surface area contributed by atoms with Crippen LogP contribution in [0.4, 0.5) is 5.69 Å². The molecular weight excluding hydrogens is 290 g/mol. The van der Waals surface area contributed by atoms with Crippen LogP contribution in [0.3, 0.4) is 0 Å². The summed E-state index contributed by atoms with van der Waals surface area (Å²) < 4.78 is 0.936. The molecule has 0 bridgehead atoms. The third-order valence-electron chi connectivity index (χ3n) is 3.02. The van der Waals surface area contributed by atoms with Crippen molar-refractivity contribution in [1.29, 1.82) is 5.26 Å². The van der Waals surface area contributed by atoms with Gasteiger partial charge >= 0.3 is 0 Å². The van der Waals surface area contributed by atoms with Crippen LogP contribution in [0.15, 0.2) is 34.3 Å². The quantitative estimate of drug-likeness (QED) is 0.841. The van der Waals surface area contributed by atoms with E-state index >= 15 is 0 Å². The fourth-order valence-corrected chi connectivity index (χ4v) is 2.38. The Morgan fingerprint density at radius 1 is 1.44 bits per heavy atom. The van der Waals surface area contributed by atoms with Crippen LogP contribution in [-0.4, -0.2) is 19.6 Å². The summed E-state index contributed by atoms with van der Waals surface area (Å²) in [6, 6.07) is 7.94. The van der Waals surface area contributed by atoms with Gasteiger partial charge in [0.25, 0.3) is 0 Å². The molecule has 1 aliphatic heterocycles. The van der Waals surface area contributed by atoms with Crippen molar-refractivity contribution in [2.24, 2.45) is 0 Å². The van der Waals surface area contributed by atoms with Crippen LogP contribution in [0.2, 0.25) is 0 Å². The zero-order valence-corrected chi connectivity index (χ0v) is 11.8. The van der Waals surface area contributed by atoms with E-state index in [1.807, 2.05) is 18.2 Å². The highest BCUT2D eigenvalue weighted by molar-refractivity contribution is 9.10. The van der Waals surface area contributed by atoms with E-state index in [0.717, 1.165) is 42.6 Å². The molecule has 2 N–H and O–H groups in total. The molecule has 0 atom stereocenters. The molecule has 0 fully saturated rings. The number of nitriles is 1. The first-order chi connectivity index (χ1) is 8.79. The summed E-state index contributed by atoms with van der Waals surface area (Å²) in [7, 11) is 0. The summed E-state index contributed by atoms with van der Waals surface area (Å²) in [6.45, 7) is 2.94. The van der Waals surface area contributed by atoms with Gasteiger partial charge in [0, 0.05) is 17.6 Å². The van der Waals surface area contributed by atoms with E-state index in [1.165, 1.54) is 5.57 Å². The van der Waals surface area contributed by atoms with Crippen molar-refractivity contribution in [2.75, 3.05) is 25.0 Å². The lowest BCUT2D eigenvalue weighted by atomic mass is 10.1. The van der Waals surface area contributed by atoms with Gasteiger partial charge in [0.2, 0.25) is 0 Å². The molecule has 0 aromatic heterocycles. The molecule has 3 nitrogen and oxygen atoms in total. The number of rotatable bonds is 4. The Bertz CT molecular complexity index is 488. The predicted octanol–water partition coefficient (Wildman–Crippen LogP) is 3.04. The second-order valence-corrected chi connectivity index (χ2v) is 5.21. The largest absolute Gasteiger partial charge is 0.384 e. The van der Waals surface area contributed by atoms with Gasteiger partial charge in [0.1, 0.15) is 6.07 Å². The molecule has 1 aromatic rings. The third kappa shape index (κ3) is 3.59. The van der Waals surface area contributed by atoms with Crippen molar-refractivity contribution < 1.29 is 0 Å². The van der Waals surface area contributed by atoms with Crippen molar-refractivity contribution in [3.05, 3.63) is 39.9 Å². The molecule has 94 valence electrons. The van der Waals surface area contributed by atoms with Crippen LogP contribution < -0.4 is 10.6 Å². The standard InChI is InChI=1S/C14H16BrN3/c15-13-1-2-14(12(9-13)10-16)18-8-5-11-3-6-17-7-4-11/h1-3,9,17-18H,4-8H2. The Balaban J connectivity index is 1.90. The van der Waals surface area contributed by atoms with E-state index in [9.17, 15) is 0 Å². The minimum atomic E-state index is 0.684. The normalized spacial score (nSPS) is 14.8. The van der Waals surface area contributed by atoms with Gasteiger partial charge in [-0.25, -0.2) is 0 Å². The molecule has 0 saturated heterocycles. The summed E-state index contributed by atoms with van der Waals surface area (Å²) in [6.07, 6.45) is 4.44. The van der Waals surface area contributed by atoms with Crippen molar-refractivity contribution in [3.63, 3.8) is 0 Å². The van der Waals surface area contributed by atoms with Crippen molar-refractivity contribution in [2.45, 2.75) is 12.8 Å². The van der Waals surface area contributed by atoms with E-state index in [-0.39, 0.29) is 0 Å². The lowest BCUT2D eigenvalue weighted by Gasteiger charge is -2.15. The highest BCUT2D eigenvalue weighted by Crippen LogP contribution is 2.20. The molecule has 4 heteroatoms. The molecule has 0 amide bonds. The van der Waals surface area contributed by atoms with Gasteiger partial charge in [-0.2, -0.15) is 5.26 Å². The number of hydrogen-bond acceptors (Lipinski definition) is 3. The van der Waals surface area contributed by atoms with Crippen molar-refractivity contribution >= 4 is 21.6 Å². The van der Waals surface area contributed by atoms with E-state index in [1.54, 1.807) is 0 Å². The molecule has 0 spiro atoms. The van der Waals surface area contributed by atoms with Gasteiger partial charge in [-0.1, -0.05) is 27.6 Å². The summed E-state index contributed by atoms with van der Waals surface area (Å²) in [4.78, 5) is 0.